The summed E-state index contributed by atoms with van der Waals surface area (Å²) in [5.41, 5.74) is 2.77. The summed E-state index contributed by atoms with van der Waals surface area (Å²) in [6, 6.07) is 7.24. The van der Waals surface area contributed by atoms with Crippen LogP contribution in [-0.4, -0.2) is 65.0 Å². The van der Waals surface area contributed by atoms with Gasteiger partial charge >= 0.3 is 0 Å². The topological polar surface area (TPSA) is 108 Å². The zero-order valence-corrected chi connectivity index (χ0v) is 20.7. The van der Waals surface area contributed by atoms with E-state index in [0.717, 1.165) is 29.0 Å². The Morgan fingerprint density at radius 3 is 2.83 bits per heavy atom. The van der Waals surface area contributed by atoms with E-state index < -0.39 is 6.10 Å². The molecule has 35 heavy (non-hydrogen) atoms. The predicted molar refractivity (Wildman–Crippen MR) is 130 cm³/mol. The molecule has 2 aliphatic heterocycles. The van der Waals surface area contributed by atoms with Gasteiger partial charge in [-0.15, -0.1) is 0 Å². The number of aryl methyl sites for hydroxylation is 1. The van der Waals surface area contributed by atoms with Crippen LogP contribution in [0.4, 0.5) is 5.13 Å². The second kappa shape index (κ2) is 9.67. The fourth-order valence-corrected chi connectivity index (χ4v) is 5.39. The average molecular weight is 498 g/mol. The maximum absolute atomic E-state index is 13.4. The molecule has 0 spiro atoms. The van der Waals surface area contributed by atoms with Crippen molar-refractivity contribution in [3.63, 3.8) is 0 Å². The summed E-state index contributed by atoms with van der Waals surface area (Å²) in [5, 5.41) is 7.99. The Balaban J connectivity index is 1.32. The highest BCUT2D eigenvalue weighted by atomic mass is 32.1. The van der Waals surface area contributed by atoms with Gasteiger partial charge < -0.3 is 19.1 Å². The summed E-state index contributed by atoms with van der Waals surface area (Å²) >= 11 is 1.41. The number of hydrogen-bond acceptors (Lipinski definition) is 8. The molecule has 1 fully saturated rings. The Hall–Kier alpha value is -3.44. The molecule has 1 atom stereocenters. The van der Waals surface area contributed by atoms with Crippen molar-refractivity contribution in [3.05, 3.63) is 40.5 Å². The van der Waals surface area contributed by atoms with Crippen LogP contribution in [0.15, 0.2) is 24.3 Å². The zero-order valence-electron chi connectivity index (χ0n) is 19.9. The number of aromatic nitrogens is 3. The van der Waals surface area contributed by atoms with E-state index in [1.54, 1.807) is 36.9 Å². The van der Waals surface area contributed by atoms with Crippen molar-refractivity contribution >= 4 is 28.3 Å². The summed E-state index contributed by atoms with van der Waals surface area (Å²) in [7, 11) is 4.95. The Morgan fingerprint density at radius 2 is 2.09 bits per heavy atom. The fourth-order valence-electron chi connectivity index (χ4n) is 4.37. The van der Waals surface area contributed by atoms with Gasteiger partial charge in [0, 0.05) is 37.1 Å². The lowest BCUT2D eigenvalue weighted by Gasteiger charge is -2.25. The number of amides is 2. The number of anilines is 1. The van der Waals surface area contributed by atoms with Crippen molar-refractivity contribution in [2.75, 3.05) is 32.7 Å². The Kier molecular flexibility index (Phi) is 6.44. The van der Waals surface area contributed by atoms with Crippen LogP contribution >= 0.6 is 11.3 Å². The highest BCUT2D eigenvalue weighted by Gasteiger charge is 2.29. The molecule has 0 aliphatic carbocycles. The number of nitrogens with one attached hydrogen (secondary N) is 1. The van der Waals surface area contributed by atoms with Crippen LogP contribution < -0.4 is 14.8 Å². The van der Waals surface area contributed by atoms with E-state index in [1.807, 2.05) is 18.2 Å². The van der Waals surface area contributed by atoms with Gasteiger partial charge in [-0.25, -0.2) is 4.98 Å². The molecule has 0 bridgehead atoms. The summed E-state index contributed by atoms with van der Waals surface area (Å²) in [4.78, 5) is 33.1. The molecule has 0 saturated carbocycles. The van der Waals surface area contributed by atoms with Crippen LogP contribution in [-0.2, 0) is 29.5 Å². The summed E-state index contributed by atoms with van der Waals surface area (Å²) in [6.07, 6.45) is 1.84. The second-order valence-corrected chi connectivity index (χ2v) is 9.54. The number of methoxy groups -OCH3 is 2. The number of thiazole rings is 1. The van der Waals surface area contributed by atoms with E-state index in [-0.39, 0.29) is 11.8 Å². The minimum Gasteiger partial charge on any atom is -0.497 e. The van der Waals surface area contributed by atoms with Crippen LogP contribution in [0.2, 0.25) is 0 Å². The number of carbonyl (C=O) groups excluding carboxylic acids is 2. The average Bonchev–Trinajstić information content (AvgIpc) is 3.62. The van der Waals surface area contributed by atoms with E-state index in [4.69, 9.17) is 14.2 Å². The molecule has 2 amide bonds. The van der Waals surface area contributed by atoms with Crippen LogP contribution in [0.5, 0.6) is 11.5 Å². The van der Waals surface area contributed by atoms with Gasteiger partial charge in [0.15, 0.2) is 5.13 Å². The van der Waals surface area contributed by atoms with Gasteiger partial charge in [0.05, 0.1) is 32.2 Å². The molecule has 1 N–H and O–H groups in total. The van der Waals surface area contributed by atoms with Gasteiger partial charge in [-0.3, -0.25) is 19.6 Å². The standard InChI is InChI=1S/C24H27N5O5S/c1-28-18(12-17(27-28)15-11-14(32-2)6-7-19(15)33-3)23(31)29-9-8-16-21(13-29)35-24(25-16)26-22(30)20-5-4-10-34-20/h6-7,11-12,20H,4-5,8-10,13H2,1-3H3,(H,25,26,30). The molecule has 0 radical (unpaired) electrons. The number of benzene rings is 1. The van der Waals surface area contributed by atoms with Crippen molar-refractivity contribution in [1.82, 2.24) is 19.7 Å². The third kappa shape index (κ3) is 4.61. The van der Waals surface area contributed by atoms with Gasteiger partial charge in [-0.2, -0.15) is 5.10 Å². The molecule has 5 rings (SSSR count). The first-order chi connectivity index (χ1) is 17.0. The second-order valence-electron chi connectivity index (χ2n) is 8.46. The number of carbonyl (C=O) groups is 2. The number of rotatable bonds is 6. The van der Waals surface area contributed by atoms with Crippen LogP contribution in [0.1, 0.15) is 33.9 Å². The number of hydrogen-bond donors (Lipinski definition) is 1. The molecule has 3 aromatic rings. The zero-order chi connectivity index (χ0) is 24.5. The first-order valence-electron chi connectivity index (χ1n) is 11.4. The van der Waals surface area contributed by atoms with Crippen molar-refractivity contribution in [1.29, 1.82) is 0 Å². The lowest BCUT2D eigenvalue weighted by molar-refractivity contribution is -0.124. The number of fused-ring (bicyclic) bond motifs is 1. The van der Waals surface area contributed by atoms with Gasteiger partial charge in [0.2, 0.25) is 0 Å². The van der Waals surface area contributed by atoms with Crippen molar-refractivity contribution in [2.45, 2.75) is 31.9 Å². The van der Waals surface area contributed by atoms with Crippen molar-refractivity contribution in [2.24, 2.45) is 7.05 Å². The summed E-state index contributed by atoms with van der Waals surface area (Å²) < 4.78 is 17.9. The maximum Gasteiger partial charge on any atom is 0.272 e. The molecule has 4 heterocycles. The highest BCUT2D eigenvalue weighted by Crippen LogP contribution is 2.34. The van der Waals surface area contributed by atoms with E-state index in [2.05, 4.69) is 15.4 Å². The molecule has 1 unspecified atom stereocenters. The van der Waals surface area contributed by atoms with E-state index >= 15 is 0 Å². The highest BCUT2D eigenvalue weighted by molar-refractivity contribution is 7.15. The molecule has 1 saturated heterocycles. The maximum atomic E-state index is 13.4. The first-order valence-corrected chi connectivity index (χ1v) is 12.2. The molecular weight excluding hydrogens is 470 g/mol. The molecule has 1 aromatic carbocycles. The summed E-state index contributed by atoms with van der Waals surface area (Å²) in [5.74, 6) is 1.05. The molecule has 2 aliphatic rings. The van der Waals surface area contributed by atoms with Crippen LogP contribution in [0.25, 0.3) is 11.3 Å². The fraction of sp³-hybridized carbons (Fsp3) is 0.417. The van der Waals surface area contributed by atoms with Crippen LogP contribution in [0, 0.1) is 0 Å². The lowest BCUT2D eigenvalue weighted by atomic mass is 10.1. The monoisotopic (exact) mass is 497 g/mol. The smallest absolute Gasteiger partial charge is 0.272 e. The van der Waals surface area contributed by atoms with Gasteiger partial charge in [0.1, 0.15) is 23.3 Å². The lowest BCUT2D eigenvalue weighted by Crippen LogP contribution is -2.36. The van der Waals surface area contributed by atoms with Crippen molar-refractivity contribution < 1.29 is 23.8 Å². The van der Waals surface area contributed by atoms with E-state index in [1.165, 1.54) is 11.3 Å². The molecule has 2 aromatic heterocycles. The number of nitrogens with zero attached hydrogens (tertiary/aromatic N) is 4. The number of ether oxygens (including phenoxy) is 3. The largest absolute Gasteiger partial charge is 0.497 e. The van der Waals surface area contributed by atoms with Gasteiger partial charge in [-0.05, 0) is 37.1 Å². The minimum absolute atomic E-state index is 0.114. The normalized spacial score (nSPS) is 17.2. The third-order valence-corrected chi connectivity index (χ3v) is 7.25. The van der Waals surface area contributed by atoms with Gasteiger partial charge in [0.25, 0.3) is 11.8 Å². The SMILES string of the molecule is COc1ccc(OC)c(-c2cc(C(=O)N3CCc4nc(NC(=O)C5CCCO5)sc4C3)n(C)n2)c1. The molecule has 10 nitrogen and oxygen atoms in total. The van der Waals surface area contributed by atoms with E-state index in [9.17, 15) is 9.59 Å². The third-order valence-electron chi connectivity index (χ3n) is 6.25. The Morgan fingerprint density at radius 1 is 1.23 bits per heavy atom. The predicted octanol–water partition coefficient (Wildman–Crippen LogP) is 2.88. The van der Waals surface area contributed by atoms with Crippen molar-refractivity contribution in [3.8, 4) is 22.8 Å². The van der Waals surface area contributed by atoms with E-state index in [0.29, 0.717) is 54.1 Å². The first kappa shape index (κ1) is 23.3. The van der Waals surface area contributed by atoms with Crippen LogP contribution in [0.3, 0.4) is 0 Å². The quantitative estimate of drug-likeness (QED) is 0.558. The van der Waals surface area contributed by atoms with Gasteiger partial charge in [-0.1, -0.05) is 11.3 Å². The molecule has 184 valence electrons. The minimum atomic E-state index is -0.406. The Labute approximate surface area is 206 Å². The molecular formula is C24H27N5O5S. The summed E-state index contributed by atoms with van der Waals surface area (Å²) in [6.45, 7) is 1.59. The molecule has 11 heteroatoms. The Bertz CT molecular complexity index is 1260.